The number of halogens is 2. The number of ether oxygens (including phenoxy) is 1. The highest BCUT2D eigenvalue weighted by Gasteiger charge is 2.07. The molecular weight excluding hydrogens is 341 g/mol. The van der Waals surface area contributed by atoms with E-state index in [1.54, 1.807) is 17.4 Å². The summed E-state index contributed by atoms with van der Waals surface area (Å²) in [5.74, 6) is -0.0284. The minimum absolute atomic E-state index is 0.290. The highest BCUT2D eigenvalue weighted by molar-refractivity contribution is 9.10. The van der Waals surface area contributed by atoms with Gasteiger partial charge in [0.15, 0.2) is 11.6 Å². The fraction of sp³-hybridized carbons (Fsp3) is 0.333. The maximum atomic E-state index is 13.9. The van der Waals surface area contributed by atoms with E-state index in [-0.39, 0.29) is 5.82 Å². The second-order valence-electron chi connectivity index (χ2n) is 4.78. The molecule has 0 spiro atoms. The molecule has 0 aliphatic rings. The Morgan fingerprint density at radius 1 is 1.35 bits per heavy atom. The molecule has 1 aromatic heterocycles. The molecule has 1 heterocycles. The van der Waals surface area contributed by atoms with Gasteiger partial charge in [-0.1, -0.05) is 19.9 Å². The van der Waals surface area contributed by atoms with Crippen molar-refractivity contribution in [3.63, 3.8) is 0 Å². The number of nitrogens with one attached hydrogen (secondary N) is 1. The summed E-state index contributed by atoms with van der Waals surface area (Å²) in [7, 11) is 0. The van der Waals surface area contributed by atoms with Crippen LogP contribution in [0.5, 0.6) is 5.75 Å². The molecule has 2 nitrogen and oxygen atoms in total. The molecule has 1 aromatic carbocycles. The van der Waals surface area contributed by atoms with Crippen LogP contribution in [0.3, 0.4) is 0 Å². The van der Waals surface area contributed by atoms with Gasteiger partial charge in [0.25, 0.3) is 0 Å². The lowest BCUT2D eigenvalue weighted by atomic mass is 10.2. The van der Waals surface area contributed by atoms with E-state index in [2.05, 4.69) is 35.1 Å². The highest BCUT2D eigenvalue weighted by Crippen LogP contribution is 2.25. The van der Waals surface area contributed by atoms with Crippen LogP contribution in [-0.2, 0) is 13.2 Å². The lowest BCUT2D eigenvalue weighted by molar-refractivity contribution is 0.292. The normalized spacial score (nSPS) is 11.1. The molecule has 0 amide bonds. The predicted octanol–water partition coefficient (Wildman–Crippen LogP) is 4.73. The summed E-state index contributed by atoms with van der Waals surface area (Å²) in [6.07, 6.45) is 0. The van der Waals surface area contributed by atoms with Crippen molar-refractivity contribution in [1.82, 2.24) is 5.32 Å². The van der Waals surface area contributed by atoms with Gasteiger partial charge in [-0.05, 0) is 45.1 Å². The van der Waals surface area contributed by atoms with Crippen LogP contribution in [0.4, 0.5) is 4.39 Å². The molecule has 5 heteroatoms. The molecule has 0 aliphatic carbocycles. The second-order valence-corrected chi connectivity index (χ2v) is 6.64. The number of hydrogen-bond donors (Lipinski definition) is 1. The number of rotatable bonds is 6. The van der Waals surface area contributed by atoms with Crippen molar-refractivity contribution in [2.45, 2.75) is 33.0 Å². The number of hydrogen-bond acceptors (Lipinski definition) is 3. The van der Waals surface area contributed by atoms with Crippen molar-refractivity contribution in [3.8, 4) is 5.75 Å². The maximum Gasteiger partial charge on any atom is 0.165 e. The molecule has 2 rings (SSSR count). The summed E-state index contributed by atoms with van der Waals surface area (Å²) >= 11 is 5.02. The molecule has 108 valence electrons. The molecule has 0 bridgehead atoms. The zero-order valence-corrected chi connectivity index (χ0v) is 13.9. The summed E-state index contributed by atoms with van der Waals surface area (Å²) in [6, 6.07) is 7.44. The summed E-state index contributed by atoms with van der Waals surface area (Å²) in [6.45, 7) is 5.16. The van der Waals surface area contributed by atoms with Gasteiger partial charge in [0.2, 0.25) is 0 Å². The van der Waals surface area contributed by atoms with Gasteiger partial charge in [-0.2, -0.15) is 0 Å². The minimum atomic E-state index is -0.319. The molecule has 1 N–H and O–H groups in total. The zero-order valence-electron chi connectivity index (χ0n) is 11.5. The summed E-state index contributed by atoms with van der Waals surface area (Å²) in [5.41, 5.74) is 0.917. The zero-order chi connectivity index (χ0) is 14.5. The van der Waals surface area contributed by atoms with Crippen LogP contribution in [-0.4, -0.2) is 6.04 Å². The Labute approximate surface area is 131 Å². The Morgan fingerprint density at radius 3 is 2.75 bits per heavy atom. The molecule has 0 unspecified atom stereocenters. The van der Waals surface area contributed by atoms with E-state index in [0.717, 1.165) is 14.9 Å². The standard InChI is InChI=1S/C15H17BrFNOS/c1-10(2)18-8-11-3-4-14(13(17)7-11)19-9-15-12(16)5-6-20-15/h3-7,10,18H,8-9H2,1-2H3. The fourth-order valence-corrected chi connectivity index (χ4v) is 3.04. The molecule has 0 radical (unpaired) electrons. The van der Waals surface area contributed by atoms with Crippen molar-refractivity contribution in [2.24, 2.45) is 0 Å². The largest absolute Gasteiger partial charge is 0.485 e. The van der Waals surface area contributed by atoms with E-state index >= 15 is 0 Å². The molecular formula is C15H17BrFNOS. The van der Waals surface area contributed by atoms with Gasteiger partial charge >= 0.3 is 0 Å². The summed E-state index contributed by atoms with van der Waals surface area (Å²) < 4.78 is 20.5. The van der Waals surface area contributed by atoms with Crippen LogP contribution >= 0.6 is 27.3 Å². The van der Waals surface area contributed by atoms with E-state index in [0.29, 0.717) is 24.9 Å². The Bertz CT molecular complexity index is 571. The van der Waals surface area contributed by atoms with E-state index in [4.69, 9.17) is 4.74 Å². The van der Waals surface area contributed by atoms with Gasteiger partial charge in [-0.3, -0.25) is 0 Å². The lowest BCUT2D eigenvalue weighted by Gasteiger charge is -2.10. The molecule has 20 heavy (non-hydrogen) atoms. The second kappa shape index (κ2) is 7.20. The molecule has 0 saturated heterocycles. The number of thiophene rings is 1. The first-order chi connectivity index (χ1) is 9.56. The number of benzene rings is 1. The van der Waals surface area contributed by atoms with Gasteiger partial charge in [-0.25, -0.2) is 4.39 Å². The Balaban J connectivity index is 1.97. The van der Waals surface area contributed by atoms with E-state index in [1.807, 2.05) is 17.5 Å². The lowest BCUT2D eigenvalue weighted by Crippen LogP contribution is -2.21. The molecule has 0 fully saturated rings. The third-order valence-corrected chi connectivity index (χ3v) is 4.66. The predicted molar refractivity (Wildman–Crippen MR) is 84.7 cm³/mol. The van der Waals surface area contributed by atoms with Gasteiger partial charge in [0.05, 0.1) is 4.88 Å². The van der Waals surface area contributed by atoms with Crippen LogP contribution in [0, 0.1) is 5.82 Å². The smallest absolute Gasteiger partial charge is 0.165 e. The fourth-order valence-electron chi connectivity index (χ4n) is 1.66. The Kier molecular flexibility index (Phi) is 5.57. The first-order valence-electron chi connectivity index (χ1n) is 6.42. The van der Waals surface area contributed by atoms with E-state index in [1.165, 1.54) is 6.07 Å². The van der Waals surface area contributed by atoms with E-state index < -0.39 is 0 Å². The Hall–Kier alpha value is -0.910. The maximum absolute atomic E-state index is 13.9. The van der Waals surface area contributed by atoms with Gasteiger partial charge in [-0.15, -0.1) is 11.3 Å². The SMILES string of the molecule is CC(C)NCc1ccc(OCc2sccc2Br)c(F)c1. The van der Waals surface area contributed by atoms with Crippen molar-refractivity contribution in [1.29, 1.82) is 0 Å². The van der Waals surface area contributed by atoms with Crippen molar-refractivity contribution in [3.05, 3.63) is 50.4 Å². The highest BCUT2D eigenvalue weighted by atomic mass is 79.9. The van der Waals surface area contributed by atoms with Crippen molar-refractivity contribution >= 4 is 27.3 Å². The molecule has 0 aliphatic heterocycles. The first-order valence-corrected chi connectivity index (χ1v) is 8.10. The van der Waals surface area contributed by atoms with Gasteiger partial charge in [0.1, 0.15) is 6.61 Å². The molecule has 0 atom stereocenters. The Morgan fingerprint density at radius 2 is 2.15 bits per heavy atom. The third-order valence-electron chi connectivity index (χ3n) is 2.76. The van der Waals surface area contributed by atoms with Crippen LogP contribution in [0.2, 0.25) is 0 Å². The minimum Gasteiger partial charge on any atom is -0.485 e. The molecule has 0 saturated carbocycles. The van der Waals surface area contributed by atoms with Gasteiger partial charge in [0, 0.05) is 17.1 Å². The average Bonchev–Trinajstić information content (AvgIpc) is 2.81. The topological polar surface area (TPSA) is 21.3 Å². The van der Waals surface area contributed by atoms with Crippen LogP contribution in [0.1, 0.15) is 24.3 Å². The van der Waals surface area contributed by atoms with Crippen LogP contribution in [0.25, 0.3) is 0 Å². The van der Waals surface area contributed by atoms with Crippen LogP contribution in [0.15, 0.2) is 34.1 Å². The molecule has 2 aromatic rings. The van der Waals surface area contributed by atoms with Gasteiger partial charge < -0.3 is 10.1 Å². The van der Waals surface area contributed by atoms with Crippen LogP contribution < -0.4 is 10.1 Å². The average molecular weight is 358 g/mol. The quantitative estimate of drug-likeness (QED) is 0.806. The monoisotopic (exact) mass is 357 g/mol. The summed E-state index contributed by atoms with van der Waals surface area (Å²) in [5, 5.41) is 5.23. The van der Waals surface area contributed by atoms with E-state index in [9.17, 15) is 4.39 Å². The third kappa shape index (κ3) is 4.30. The summed E-state index contributed by atoms with van der Waals surface area (Å²) in [4.78, 5) is 1.05. The van der Waals surface area contributed by atoms with Crippen molar-refractivity contribution < 1.29 is 9.13 Å². The van der Waals surface area contributed by atoms with Crippen molar-refractivity contribution in [2.75, 3.05) is 0 Å². The first kappa shape index (κ1) is 15.5.